The molecule has 1 N–H and O–H groups in total. The lowest BCUT2D eigenvalue weighted by atomic mass is 10.1. The minimum absolute atomic E-state index is 0.132. The predicted molar refractivity (Wildman–Crippen MR) is 129 cm³/mol. The molecule has 0 radical (unpaired) electrons. The van der Waals surface area contributed by atoms with Crippen LogP contribution in [-0.2, 0) is 16.2 Å². The number of carbonyl (C=O) groups is 3. The number of barbiturate groups is 1. The van der Waals surface area contributed by atoms with E-state index in [0.717, 1.165) is 10.5 Å². The molecule has 1 aliphatic heterocycles. The van der Waals surface area contributed by atoms with Gasteiger partial charge in [0.15, 0.2) is 11.5 Å². The van der Waals surface area contributed by atoms with Gasteiger partial charge in [-0.3, -0.25) is 14.9 Å². The molecular formula is C27H23FN2O5. The molecule has 0 aromatic heterocycles. The van der Waals surface area contributed by atoms with E-state index in [1.54, 1.807) is 54.6 Å². The van der Waals surface area contributed by atoms with E-state index in [0.29, 0.717) is 34.9 Å². The van der Waals surface area contributed by atoms with Crippen LogP contribution < -0.4 is 19.7 Å². The number of nitrogens with zero attached hydrogens (tertiary/aromatic N) is 1. The Morgan fingerprint density at radius 2 is 1.71 bits per heavy atom. The molecule has 1 aliphatic rings. The summed E-state index contributed by atoms with van der Waals surface area (Å²) in [5, 5.41) is 2.21. The van der Waals surface area contributed by atoms with E-state index in [4.69, 9.17) is 9.47 Å². The number of anilines is 1. The lowest BCUT2D eigenvalue weighted by Gasteiger charge is -2.26. The van der Waals surface area contributed by atoms with Crippen molar-refractivity contribution in [3.8, 4) is 11.5 Å². The standard InChI is InChI=1S/C27H23FN2O5/c1-3-34-24-15-18(9-12-23(24)35-16-19-5-4-6-20(28)13-19)14-22-25(31)29-27(33)30(26(22)32)21-10-7-17(2)8-11-21/h4-15H,3,16H2,1-2H3,(H,29,31,33)/b22-14+. The second kappa shape index (κ2) is 10.2. The summed E-state index contributed by atoms with van der Waals surface area (Å²) < 4.78 is 24.9. The third-order valence-electron chi connectivity index (χ3n) is 5.26. The zero-order valence-corrected chi connectivity index (χ0v) is 19.2. The molecule has 0 unspecified atom stereocenters. The van der Waals surface area contributed by atoms with Gasteiger partial charge in [-0.15, -0.1) is 0 Å². The molecule has 35 heavy (non-hydrogen) atoms. The van der Waals surface area contributed by atoms with E-state index < -0.39 is 17.8 Å². The van der Waals surface area contributed by atoms with Gasteiger partial charge < -0.3 is 9.47 Å². The minimum atomic E-state index is -0.808. The highest BCUT2D eigenvalue weighted by atomic mass is 19.1. The van der Waals surface area contributed by atoms with Gasteiger partial charge in [0.25, 0.3) is 11.8 Å². The van der Waals surface area contributed by atoms with Crippen LogP contribution in [0.1, 0.15) is 23.6 Å². The molecular weight excluding hydrogens is 451 g/mol. The van der Waals surface area contributed by atoms with Crippen LogP contribution in [0.3, 0.4) is 0 Å². The number of rotatable bonds is 7. The average molecular weight is 474 g/mol. The number of halogens is 1. The van der Waals surface area contributed by atoms with Crippen molar-refractivity contribution in [3.05, 3.63) is 94.8 Å². The second-order valence-electron chi connectivity index (χ2n) is 7.85. The van der Waals surface area contributed by atoms with Crippen molar-refractivity contribution >= 4 is 29.6 Å². The van der Waals surface area contributed by atoms with Gasteiger partial charge in [0.2, 0.25) is 0 Å². The highest BCUT2D eigenvalue weighted by Gasteiger charge is 2.36. The Labute approximate surface area is 201 Å². The number of hydrogen-bond acceptors (Lipinski definition) is 5. The second-order valence-corrected chi connectivity index (χ2v) is 7.85. The first kappa shape index (κ1) is 23.7. The number of nitrogens with one attached hydrogen (secondary N) is 1. The third-order valence-corrected chi connectivity index (χ3v) is 5.26. The summed E-state index contributed by atoms with van der Waals surface area (Å²) in [6, 6.07) is 17.0. The Hall–Kier alpha value is -4.46. The van der Waals surface area contributed by atoms with Crippen molar-refractivity contribution in [2.75, 3.05) is 11.5 Å². The first-order valence-electron chi connectivity index (χ1n) is 11.0. The number of carbonyl (C=O) groups excluding carboxylic acids is 3. The summed E-state index contributed by atoms with van der Waals surface area (Å²) in [6.45, 7) is 4.18. The summed E-state index contributed by atoms with van der Waals surface area (Å²) in [7, 11) is 0. The largest absolute Gasteiger partial charge is 0.490 e. The van der Waals surface area contributed by atoms with Crippen molar-refractivity contribution in [2.45, 2.75) is 20.5 Å². The zero-order chi connectivity index (χ0) is 24.9. The van der Waals surface area contributed by atoms with E-state index in [1.807, 2.05) is 13.8 Å². The molecule has 0 atom stereocenters. The molecule has 3 aromatic carbocycles. The Kier molecular flexibility index (Phi) is 6.91. The molecule has 178 valence electrons. The SMILES string of the molecule is CCOc1cc(/C=C2\C(=O)NC(=O)N(c3ccc(C)cc3)C2=O)ccc1OCc1cccc(F)c1. The van der Waals surface area contributed by atoms with Gasteiger partial charge in [0.1, 0.15) is 18.0 Å². The van der Waals surface area contributed by atoms with Gasteiger partial charge in [-0.25, -0.2) is 14.1 Å². The van der Waals surface area contributed by atoms with Crippen LogP contribution in [0.2, 0.25) is 0 Å². The number of amides is 4. The maximum absolute atomic E-state index is 13.4. The van der Waals surface area contributed by atoms with Crippen molar-refractivity contribution in [3.63, 3.8) is 0 Å². The maximum Gasteiger partial charge on any atom is 0.335 e. The first-order chi connectivity index (χ1) is 16.9. The molecule has 1 fully saturated rings. The van der Waals surface area contributed by atoms with Crippen LogP contribution in [0.15, 0.2) is 72.3 Å². The van der Waals surface area contributed by atoms with Crippen LogP contribution in [0, 0.1) is 12.7 Å². The highest BCUT2D eigenvalue weighted by Crippen LogP contribution is 2.31. The third kappa shape index (κ3) is 5.38. The number of benzene rings is 3. The summed E-state index contributed by atoms with van der Waals surface area (Å²) in [5.74, 6) is -1.05. The van der Waals surface area contributed by atoms with Crippen molar-refractivity contribution < 1.29 is 28.2 Å². The van der Waals surface area contributed by atoms with Gasteiger partial charge in [0.05, 0.1) is 12.3 Å². The summed E-state index contributed by atoms with van der Waals surface area (Å²) in [5.41, 5.74) is 2.29. The summed E-state index contributed by atoms with van der Waals surface area (Å²) in [4.78, 5) is 38.9. The van der Waals surface area contributed by atoms with E-state index >= 15 is 0 Å². The average Bonchev–Trinajstić information content (AvgIpc) is 2.82. The van der Waals surface area contributed by atoms with Crippen LogP contribution in [0.5, 0.6) is 11.5 Å². The zero-order valence-electron chi connectivity index (χ0n) is 19.2. The fourth-order valence-corrected chi connectivity index (χ4v) is 3.54. The van der Waals surface area contributed by atoms with Crippen LogP contribution in [-0.4, -0.2) is 24.5 Å². The number of aryl methyl sites for hydroxylation is 1. The molecule has 7 nitrogen and oxygen atoms in total. The van der Waals surface area contributed by atoms with Crippen molar-refractivity contribution in [2.24, 2.45) is 0 Å². The molecule has 0 spiro atoms. The summed E-state index contributed by atoms with van der Waals surface area (Å²) in [6.07, 6.45) is 1.39. The summed E-state index contributed by atoms with van der Waals surface area (Å²) >= 11 is 0. The van der Waals surface area contributed by atoms with Gasteiger partial charge in [-0.2, -0.15) is 0 Å². The molecule has 3 aromatic rings. The normalized spacial score (nSPS) is 14.8. The number of hydrogen-bond donors (Lipinski definition) is 1. The smallest absolute Gasteiger partial charge is 0.335 e. The highest BCUT2D eigenvalue weighted by molar-refractivity contribution is 6.39. The van der Waals surface area contributed by atoms with E-state index in [9.17, 15) is 18.8 Å². The molecule has 1 heterocycles. The minimum Gasteiger partial charge on any atom is -0.490 e. The van der Waals surface area contributed by atoms with Gasteiger partial charge in [-0.1, -0.05) is 35.9 Å². The van der Waals surface area contributed by atoms with Crippen LogP contribution >= 0.6 is 0 Å². The monoisotopic (exact) mass is 474 g/mol. The molecule has 8 heteroatoms. The number of imide groups is 2. The molecule has 1 saturated heterocycles. The van der Waals surface area contributed by atoms with E-state index in [2.05, 4.69) is 5.32 Å². The molecule has 0 aliphatic carbocycles. The number of urea groups is 1. The molecule has 0 bridgehead atoms. The van der Waals surface area contributed by atoms with E-state index in [1.165, 1.54) is 18.2 Å². The lowest BCUT2D eigenvalue weighted by molar-refractivity contribution is -0.122. The Morgan fingerprint density at radius 1 is 0.943 bits per heavy atom. The van der Waals surface area contributed by atoms with Crippen molar-refractivity contribution in [1.29, 1.82) is 0 Å². The molecule has 4 amide bonds. The topological polar surface area (TPSA) is 84.9 Å². The van der Waals surface area contributed by atoms with Crippen molar-refractivity contribution in [1.82, 2.24) is 5.32 Å². The maximum atomic E-state index is 13.4. The Morgan fingerprint density at radius 3 is 2.43 bits per heavy atom. The fourth-order valence-electron chi connectivity index (χ4n) is 3.54. The first-order valence-corrected chi connectivity index (χ1v) is 11.0. The molecule has 4 rings (SSSR count). The van der Waals surface area contributed by atoms with Gasteiger partial charge in [0, 0.05) is 0 Å². The van der Waals surface area contributed by atoms with Gasteiger partial charge >= 0.3 is 6.03 Å². The number of ether oxygens (including phenoxy) is 2. The molecule has 0 saturated carbocycles. The van der Waals surface area contributed by atoms with Crippen LogP contribution in [0.25, 0.3) is 6.08 Å². The quantitative estimate of drug-likeness (QED) is 0.394. The van der Waals surface area contributed by atoms with Gasteiger partial charge in [-0.05, 0) is 67.4 Å². The Balaban J connectivity index is 1.61. The Bertz CT molecular complexity index is 1320. The van der Waals surface area contributed by atoms with E-state index in [-0.39, 0.29) is 18.0 Å². The lowest BCUT2D eigenvalue weighted by Crippen LogP contribution is -2.54. The van der Waals surface area contributed by atoms with Crippen LogP contribution in [0.4, 0.5) is 14.9 Å². The predicted octanol–water partition coefficient (Wildman–Crippen LogP) is 4.78. The fraction of sp³-hybridized carbons (Fsp3) is 0.148.